The lowest BCUT2D eigenvalue weighted by Crippen LogP contribution is -2.44. The number of hydrogen-bond donors (Lipinski definition) is 0. The second kappa shape index (κ2) is 48.7. The third kappa shape index (κ3) is 49.2. The van der Waals surface area contributed by atoms with Gasteiger partial charge in [-0.1, -0.05) is 197 Å². The molecule has 0 aromatic carbocycles. The SMILES string of the molecule is CCCCCCC/C=C\C/C=C\C/C=C\CCCCCCCCCCCCC(=O)OC(COC(=O)CCCCCCC/C=C\CCCCCCCCC)COC(OCC[N+](C)(C)C)C(=O)[O-]. The van der Waals surface area contributed by atoms with E-state index < -0.39 is 24.3 Å². The van der Waals surface area contributed by atoms with Crippen molar-refractivity contribution in [1.82, 2.24) is 0 Å². The number of carbonyl (C=O) groups excluding carboxylic acids is 3. The summed E-state index contributed by atoms with van der Waals surface area (Å²) in [6.45, 7) is 4.73. The van der Waals surface area contributed by atoms with Crippen LogP contribution in [0.2, 0.25) is 0 Å². The first kappa shape index (κ1) is 63.2. The van der Waals surface area contributed by atoms with Gasteiger partial charge in [0.2, 0.25) is 0 Å². The monoisotopic (exact) mass is 930 g/mol. The summed E-state index contributed by atoms with van der Waals surface area (Å²) >= 11 is 0. The third-order valence-corrected chi connectivity index (χ3v) is 11.8. The number of rotatable bonds is 50. The summed E-state index contributed by atoms with van der Waals surface area (Å²) in [5.74, 6) is -2.29. The van der Waals surface area contributed by atoms with Crippen LogP contribution in [0.4, 0.5) is 0 Å². The molecule has 0 radical (unpaired) electrons. The number of carboxylic acids is 1. The number of ether oxygens (including phenoxy) is 4. The van der Waals surface area contributed by atoms with Crippen molar-refractivity contribution >= 4 is 17.9 Å². The van der Waals surface area contributed by atoms with Gasteiger partial charge in [0.15, 0.2) is 12.4 Å². The van der Waals surface area contributed by atoms with Crippen LogP contribution in [0.5, 0.6) is 0 Å². The van der Waals surface area contributed by atoms with E-state index in [2.05, 4.69) is 62.5 Å². The van der Waals surface area contributed by atoms with Crippen molar-refractivity contribution < 1.29 is 42.9 Å². The number of carboxylic acid groups (broad SMARTS) is 1. The lowest BCUT2D eigenvalue weighted by atomic mass is 10.0. The molecule has 0 bridgehead atoms. The van der Waals surface area contributed by atoms with Crippen molar-refractivity contribution in [3.63, 3.8) is 0 Å². The molecule has 9 nitrogen and oxygen atoms in total. The van der Waals surface area contributed by atoms with Crippen LogP contribution >= 0.6 is 0 Å². The zero-order valence-corrected chi connectivity index (χ0v) is 43.6. The number of nitrogens with zero attached hydrogens (tertiary/aromatic N) is 1. The average molecular weight is 930 g/mol. The Morgan fingerprint density at radius 1 is 0.455 bits per heavy atom. The Hall–Kier alpha value is -2.75. The van der Waals surface area contributed by atoms with Crippen molar-refractivity contribution in [2.75, 3.05) is 47.5 Å². The Morgan fingerprint density at radius 2 is 0.818 bits per heavy atom. The highest BCUT2D eigenvalue weighted by Gasteiger charge is 2.22. The lowest BCUT2D eigenvalue weighted by Gasteiger charge is -2.26. The maximum Gasteiger partial charge on any atom is 0.306 e. The Labute approximate surface area is 406 Å². The van der Waals surface area contributed by atoms with Crippen LogP contribution in [-0.2, 0) is 33.3 Å². The molecule has 0 aromatic heterocycles. The molecule has 0 aliphatic heterocycles. The van der Waals surface area contributed by atoms with Gasteiger partial charge in [0.05, 0.1) is 40.3 Å². The van der Waals surface area contributed by atoms with Crippen molar-refractivity contribution in [2.45, 2.75) is 251 Å². The van der Waals surface area contributed by atoms with Crippen molar-refractivity contribution in [2.24, 2.45) is 0 Å². The summed E-state index contributed by atoms with van der Waals surface area (Å²) in [5, 5.41) is 11.7. The smallest absolute Gasteiger partial charge is 0.306 e. The van der Waals surface area contributed by atoms with Gasteiger partial charge in [0, 0.05) is 12.8 Å². The largest absolute Gasteiger partial charge is 0.545 e. The van der Waals surface area contributed by atoms with Crippen LogP contribution in [0.25, 0.3) is 0 Å². The van der Waals surface area contributed by atoms with Gasteiger partial charge in [-0.05, 0) is 77.0 Å². The number of quaternary nitrogens is 1. The fourth-order valence-corrected chi connectivity index (χ4v) is 7.54. The molecular formula is C57H103NO8. The molecule has 0 aromatic rings. The van der Waals surface area contributed by atoms with Crippen LogP contribution < -0.4 is 5.11 Å². The van der Waals surface area contributed by atoms with E-state index in [9.17, 15) is 19.5 Å². The Kier molecular flexibility index (Phi) is 46.7. The van der Waals surface area contributed by atoms with Crippen molar-refractivity contribution in [1.29, 1.82) is 0 Å². The molecule has 0 N–H and O–H groups in total. The fraction of sp³-hybridized carbons (Fsp3) is 0.807. The zero-order valence-electron chi connectivity index (χ0n) is 43.6. The molecule has 384 valence electrons. The van der Waals surface area contributed by atoms with E-state index in [0.29, 0.717) is 17.4 Å². The quantitative estimate of drug-likeness (QED) is 0.0195. The van der Waals surface area contributed by atoms with Crippen LogP contribution in [0.3, 0.4) is 0 Å². The molecule has 2 atom stereocenters. The van der Waals surface area contributed by atoms with Gasteiger partial charge in [-0.3, -0.25) is 9.59 Å². The van der Waals surface area contributed by atoms with Gasteiger partial charge in [-0.15, -0.1) is 0 Å². The van der Waals surface area contributed by atoms with Crippen LogP contribution in [0, 0.1) is 0 Å². The number of esters is 2. The number of allylic oxidation sites excluding steroid dienone is 8. The minimum Gasteiger partial charge on any atom is -0.545 e. The highest BCUT2D eigenvalue weighted by Crippen LogP contribution is 2.15. The van der Waals surface area contributed by atoms with E-state index in [1.807, 2.05) is 21.1 Å². The summed E-state index contributed by atoms with van der Waals surface area (Å²) in [4.78, 5) is 37.2. The molecule has 2 unspecified atom stereocenters. The van der Waals surface area contributed by atoms with Gasteiger partial charge in [0.1, 0.15) is 13.2 Å². The molecule has 0 aliphatic carbocycles. The summed E-state index contributed by atoms with van der Waals surface area (Å²) < 4.78 is 22.6. The summed E-state index contributed by atoms with van der Waals surface area (Å²) in [5.41, 5.74) is 0. The van der Waals surface area contributed by atoms with E-state index in [-0.39, 0.29) is 38.6 Å². The molecule has 0 saturated heterocycles. The average Bonchev–Trinajstić information content (AvgIpc) is 3.28. The highest BCUT2D eigenvalue weighted by atomic mass is 16.7. The molecule has 0 fully saturated rings. The lowest BCUT2D eigenvalue weighted by molar-refractivity contribution is -0.870. The van der Waals surface area contributed by atoms with Crippen molar-refractivity contribution in [3.8, 4) is 0 Å². The summed E-state index contributed by atoms with van der Waals surface area (Å²) in [6.07, 6.45) is 55.7. The van der Waals surface area contributed by atoms with Gasteiger partial charge in [-0.25, -0.2) is 0 Å². The molecule has 0 saturated carbocycles. The van der Waals surface area contributed by atoms with E-state index in [1.54, 1.807) is 0 Å². The predicted octanol–water partition coefficient (Wildman–Crippen LogP) is 14.2. The number of hydrogen-bond acceptors (Lipinski definition) is 8. The van der Waals surface area contributed by atoms with E-state index in [0.717, 1.165) is 77.0 Å². The van der Waals surface area contributed by atoms with Gasteiger partial charge in [-0.2, -0.15) is 0 Å². The molecule has 0 rings (SSSR count). The minimum atomic E-state index is -1.62. The minimum absolute atomic E-state index is 0.145. The van der Waals surface area contributed by atoms with Gasteiger partial charge < -0.3 is 33.3 Å². The van der Waals surface area contributed by atoms with Crippen LogP contribution in [-0.4, -0.2) is 82.3 Å². The Bertz CT molecular complexity index is 1220. The van der Waals surface area contributed by atoms with Gasteiger partial charge in [0.25, 0.3) is 0 Å². The van der Waals surface area contributed by atoms with Crippen molar-refractivity contribution in [3.05, 3.63) is 48.6 Å². The number of likely N-dealkylation sites (N-methyl/N-ethyl adjacent to an activating group) is 1. The van der Waals surface area contributed by atoms with E-state index >= 15 is 0 Å². The molecule has 0 amide bonds. The normalized spacial score (nSPS) is 13.2. The molecule has 0 heterocycles. The number of unbranched alkanes of at least 4 members (excludes halogenated alkanes) is 27. The summed E-state index contributed by atoms with van der Waals surface area (Å²) in [7, 11) is 5.91. The molecular weight excluding hydrogens is 827 g/mol. The fourth-order valence-electron chi connectivity index (χ4n) is 7.54. The first-order valence-corrected chi connectivity index (χ1v) is 27.3. The second-order valence-corrected chi connectivity index (χ2v) is 19.5. The third-order valence-electron chi connectivity index (χ3n) is 11.8. The number of carbonyl (C=O) groups is 3. The second-order valence-electron chi connectivity index (χ2n) is 19.5. The maximum atomic E-state index is 12.8. The topological polar surface area (TPSA) is 111 Å². The Morgan fingerprint density at radius 3 is 1.23 bits per heavy atom. The van der Waals surface area contributed by atoms with E-state index in [1.165, 1.54) is 128 Å². The van der Waals surface area contributed by atoms with E-state index in [4.69, 9.17) is 18.9 Å². The molecule has 0 aliphatic rings. The maximum absolute atomic E-state index is 12.8. The molecule has 0 spiro atoms. The van der Waals surface area contributed by atoms with Gasteiger partial charge >= 0.3 is 11.9 Å². The van der Waals surface area contributed by atoms with Crippen LogP contribution in [0.1, 0.15) is 239 Å². The summed E-state index contributed by atoms with van der Waals surface area (Å²) in [6, 6.07) is 0. The standard InChI is InChI=1S/C57H103NO8/c1-6-8-10-12-14-16-18-20-22-24-25-26-27-28-29-30-31-32-34-36-38-40-42-44-46-48-55(60)66-53(52-65-57(56(61)62)63-50-49-58(3,4)5)51-64-54(59)47-45-43-41-39-37-35-33-23-21-19-17-15-13-11-9-7-2/h18,20,23-25,27-28,33,53,57H,6-17,19,21-22,26,29-32,34-52H2,1-5H3/b20-18-,25-24-,28-27-,33-23-. The first-order chi connectivity index (χ1) is 32.1. The first-order valence-electron chi connectivity index (χ1n) is 27.3. The zero-order chi connectivity index (χ0) is 48.4. The molecule has 9 heteroatoms. The molecule has 66 heavy (non-hydrogen) atoms. The van der Waals surface area contributed by atoms with Crippen LogP contribution in [0.15, 0.2) is 48.6 Å². The highest BCUT2D eigenvalue weighted by molar-refractivity contribution is 5.70. The Balaban J connectivity index is 4.29. The predicted molar refractivity (Wildman–Crippen MR) is 274 cm³/mol. The number of aliphatic carboxylic acids is 1.